The van der Waals surface area contributed by atoms with Crippen molar-refractivity contribution in [3.8, 4) is 0 Å². The third kappa shape index (κ3) is 3.60. The summed E-state index contributed by atoms with van der Waals surface area (Å²) >= 11 is 3.17. The van der Waals surface area contributed by atoms with E-state index in [2.05, 4.69) is 15.9 Å². The Bertz CT molecular complexity index is 636. The molecule has 0 aromatic heterocycles. The maximum atomic E-state index is 13.7. The van der Waals surface area contributed by atoms with E-state index in [1.165, 1.54) is 30.0 Å². The summed E-state index contributed by atoms with van der Waals surface area (Å²) < 4.78 is 13.7. The molecule has 1 aromatic rings. The van der Waals surface area contributed by atoms with Crippen LogP contribution in [0.4, 0.5) is 4.39 Å². The van der Waals surface area contributed by atoms with Crippen molar-refractivity contribution < 1.29 is 23.9 Å². The largest absolute Gasteiger partial charge is 0.480 e. The molecule has 7 heteroatoms. The molecule has 1 aliphatic rings. The van der Waals surface area contributed by atoms with Gasteiger partial charge in [-0.05, 0) is 25.0 Å². The summed E-state index contributed by atoms with van der Waals surface area (Å²) in [5.41, 5.74) is -0.0924. The van der Waals surface area contributed by atoms with Crippen molar-refractivity contribution in [1.29, 1.82) is 0 Å². The van der Waals surface area contributed by atoms with Crippen LogP contribution in [0.1, 0.15) is 30.1 Å². The van der Waals surface area contributed by atoms with Gasteiger partial charge in [0, 0.05) is 6.54 Å². The Morgan fingerprint density at radius 3 is 2.61 bits per heavy atom. The number of carbonyl (C=O) groups excluding carboxylic acids is 2. The van der Waals surface area contributed by atoms with Crippen LogP contribution in [0.3, 0.4) is 0 Å². The van der Waals surface area contributed by atoms with Crippen LogP contribution in [0.2, 0.25) is 0 Å². The van der Waals surface area contributed by atoms with Gasteiger partial charge in [-0.2, -0.15) is 0 Å². The van der Waals surface area contributed by atoms with Crippen molar-refractivity contribution in [2.24, 2.45) is 5.92 Å². The summed E-state index contributed by atoms with van der Waals surface area (Å²) in [5, 5.41) is 9.15. The number of hydrogen-bond donors (Lipinski definition) is 1. The van der Waals surface area contributed by atoms with E-state index >= 15 is 0 Å². The van der Waals surface area contributed by atoms with E-state index in [0.717, 1.165) is 0 Å². The first-order chi connectivity index (χ1) is 10.8. The second-order valence-corrected chi connectivity index (χ2v) is 6.55. The van der Waals surface area contributed by atoms with E-state index in [1.807, 2.05) is 0 Å². The molecule has 1 N–H and O–H groups in total. The van der Waals surface area contributed by atoms with Crippen molar-refractivity contribution in [3.05, 3.63) is 35.6 Å². The first-order valence-electron chi connectivity index (χ1n) is 7.30. The quantitative estimate of drug-likeness (QED) is 0.623. The van der Waals surface area contributed by atoms with Crippen molar-refractivity contribution in [3.63, 3.8) is 0 Å². The maximum Gasteiger partial charge on any atom is 0.326 e. The average molecular weight is 386 g/mol. The summed E-state index contributed by atoms with van der Waals surface area (Å²) in [6.07, 6.45) is 1.02. The highest BCUT2D eigenvalue weighted by molar-refractivity contribution is 9.10. The number of alkyl halides is 1. The standard InChI is InChI=1S/C16H17BrFNO4/c1-9(15(21)19-8-4-7-12(19)16(22)23)13(17)14(20)10-5-2-3-6-11(10)18/h2-3,5-6,9,12-13H,4,7-8H2,1H3,(H,22,23)/t9?,12-,13?/m0/s1. The van der Waals surface area contributed by atoms with Gasteiger partial charge >= 0.3 is 5.97 Å². The molecule has 124 valence electrons. The number of halogens is 2. The number of Topliss-reactive ketones (excluding diaryl/α,β-unsaturated/α-hetero) is 1. The third-order valence-electron chi connectivity index (χ3n) is 4.04. The van der Waals surface area contributed by atoms with E-state index in [-0.39, 0.29) is 5.56 Å². The molecule has 1 amide bonds. The summed E-state index contributed by atoms with van der Waals surface area (Å²) in [7, 11) is 0. The number of carbonyl (C=O) groups is 3. The van der Waals surface area contributed by atoms with E-state index in [1.54, 1.807) is 6.07 Å². The van der Waals surface area contributed by atoms with E-state index < -0.39 is 40.3 Å². The van der Waals surface area contributed by atoms with Crippen LogP contribution in [-0.4, -0.2) is 45.1 Å². The molecule has 0 bridgehead atoms. The van der Waals surface area contributed by atoms with Crippen LogP contribution in [0, 0.1) is 11.7 Å². The fourth-order valence-electron chi connectivity index (χ4n) is 2.71. The van der Waals surface area contributed by atoms with Crippen molar-refractivity contribution in [1.82, 2.24) is 4.90 Å². The normalized spacial score (nSPS) is 20.1. The molecule has 5 nitrogen and oxygen atoms in total. The zero-order valence-corrected chi connectivity index (χ0v) is 14.1. The zero-order valence-electron chi connectivity index (χ0n) is 12.5. The molecule has 1 fully saturated rings. The Morgan fingerprint density at radius 2 is 2.00 bits per heavy atom. The molecule has 0 saturated carbocycles. The van der Waals surface area contributed by atoms with Crippen LogP contribution >= 0.6 is 15.9 Å². The van der Waals surface area contributed by atoms with Crippen LogP contribution in [0.5, 0.6) is 0 Å². The van der Waals surface area contributed by atoms with Gasteiger partial charge < -0.3 is 10.0 Å². The van der Waals surface area contributed by atoms with Gasteiger partial charge in [-0.3, -0.25) is 9.59 Å². The predicted octanol–water partition coefficient (Wildman–Crippen LogP) is 2.48. The van der Waals surface area contributed by atoms with E-state index in [9.17, 15) is 18.8 Å². The average Bonchev–Trinajstić information content (AvgIpc) is 3.02. The number of aliphatic carboxylic acids is 1. The van der Waals surface area contributed by atoms with Gasteiger partial charge in [-0.1, -0.05) is 35.0 Å². The third-order valence-corrected chi connectivity index (χ3v) is 5.25. The number of ketones is 1. The lowest BCUT2D eigenvalue weighted by Gasteiger charge is -2.26. The first-order valence-corrected chi connectivity index (χ1v) is 8.22. The van der Waals surface area contributed by atoms with Crippen molar-refractivity contribution in [2.75, 3.05) is 6.54 Å². The minimum Gasteiger partial charge on any atom is -0.480 e. The number of nitrogens with zero attached hydrogens (tertiary/aromatic N) is 1. The van der Waals surface area contributed by atoms with Crippen LogP contribution < -0.4 is 0 Å². The van der Waals surface area contributed by atoms with Crippen LogP contribution in [-0.2, 0) is 9.59 Å². The number of hydrogen-bond acceptors (Lipinski definition) is 3. The molecular weight excluding hydrogens is 369 g/mol. The number of amides is 1. The number of likely N-dealkylation sites (tertiary alicyclic amines) is 1. The molecule has 2 rings (SSSR count). The van der Waals surface area contributed by atoms with Crippen LogP contribution in [0.25, 0.3) is 0 Å². The summed E-state index contributed by atoms with van der Waals surface area (Å²) in [4.78, 5) is 36.4. The molecule has 1 aliphatic heterocycles. The van der Waals surface area contributed by atoms with Gasteiger partial charge in [0.05, 0.1) is 16.3 Å². The lowest BCUT2D eigenvalue weighted by molar-refractivity contribution is -0.149. The Labute approximate surface area is 141 Å². The Balaban J connectivity index is 2.14. The number of rotatable bonds is 5. The summed E-state index contributed by atoms with van der Waals surface area (Å²) in [6, 6.07) is 4.71. The Kier molecular flexibility index (Phi) is 5.51. The summed E-state index contributed by atoms with van der Waals surface area (Å²) in [5.74, 6) is -3.43. The second-order valence-electron chi connectivity index (χ2n) is 5.56. The molecular formula is C16H17BrFNO4. The number of benzene rings is 1. The molecule has 0 spiro atoms. The highest BCUT2D eigenvalue weighted by atomic mass is 79.9. The van der Waals surface area contributed by atoms with Gasteiger partial charge in [-0.25, -0.2) is 9.18 Å². The van der Waals surface area contributed by atoms with Crippen LogP contribution in [0.15, 0.2) is 24.3 Å². The predicted molar refractivity (Wildman–Crippen MR) is 85.0 cm³/mol. The molecule has 2 unspecified atom stereocenters. The molecule has 1 aromatic carbocycles. The lowest BCUT2D eigenvalue weighted by atomic mass is 9.97. The minimum absolute atomic E-state index is 0.0924. The topological polar surface area (TPSA) is 74.7 Å². The fourth-order valence-corrected chi connectivity index (χ4v) is 3.18. The highest BCUT2D eigenvalue weighted by Gasteiger charge is 2.39. The van der Waals surface area contributed by atoms with Gasteiger partial charge in [0.25, 0.3) is 0 Å². The zero-order chi connectivity index (χ0) is 17.1. The fraction of sp³-hybridized carbons (Fsp3) is 0.438. The lowest BCUT2D eigenvalue weighted by Crippen LogP contribution is -2.45. The van der Waals surface area contributed by atoms with Gasteiger partial charge in [0.15, 0.2) is 5.78 Å². The van der Waals surface area contributed by atoms with Gasteiger partial charge in [-0.15, -0.1) is 0 Å². The number of carboxylic acids is 1. The molecule has 3 atom stereocenters. The minimum atomic E-state index is -1.05. The van der Waals surface area contributed by atoms with Gasteiger partial charge in [0.1, 0.15) is 11.9 Å². The van der Waals surface area contributed by atoms with E-state index in [4.69, 9.17) is 5.11 Å². The smallest absolute Gasteiger partial charge is 0.326 e. The maximum absolute atomic E-state index is 13.7. The molecule has 0 aliphatic carbocycles. The van der Waals surface area contributed by atoms with Crippen molar-refractivity contribution >= 4 is 33.6 Å². The SMILES string of the molecule is CC(C(=O)N1CCC[C@H]1C(=O)O)C(Br)C(=O)c1ccccc1F. The molecule has 1 heterocycles. The number of carboxylic acid groups (broad SMARTS) is 1. The highest BCUT2D eigenvalue weighted by Crippen LogP contribution is 2.26. The first kappa shape index (κ1) is 17.6. The Hall–Kier alpha value is -1.76. The summed E-state index contributed by atoms with van der Waals surface area (Å²) in [6.45, 7) is 1.89. The molecule has 23 heavy (non-hydrogen) atoms. The second kappa shape index (κ2) is 7.21. The van der Waals surface area contributed by atoms with Crippen molar-refractivity contribution in [2.45, 2.75) is 30.6 Å². The van der Waals surface area contributed by atoms with Gasteiger partial charge in [0.2, 0.25) is 5.91 Å². The monoisotopic (exact) mass is 385 g/mol. The Morgan fingerprint density at radius 1 is 1.35 bits per heavy atom. The molecule has 0 radical (unpaired) electrons. The molecule has 1 saturated heterocycles. The van der Waals surface area contributed by atoms with E-state index in [0.29, 0.717) is 19.4 Å².